The van der Waals surface area contributed by atoms with Gasteiger partial charge >= 0.3 is 24.3 Å². The van der Waals surface area contributed by atoms with Gasteiger partial charge in [0.2, 0.25) is 0 Å². The third-order valence-corrected chi connectivity index (χ3v) is 15.4. The summed E-state index contributed by atoms with van der Waals surface area (Å²) in [6.07, 6.45) is 4.36. The molecule has 0 unspecified atom stereocenters. The van der Waals surface area contributed by atoms with E-state index in [9.17, 15) is 45.5 Å². The molecule has 12 nitrogen and oxygen atoms in total. The van der Waals surface area contributed by atoms with Crippen molar-refractivity contribution in [3.05, 3.63) is 179 Å². The lowest BCUT2D eigenvalue weighted by molar-refractivity contribution is -0.167. The average Bonchev–Trinajstić information content (AvgIpc) is 3.96. The number of aliphatic carboxylic acids is 1. The van der Waals surface area contributed by atoms with Gasteiger partial charge in [0.15, 0.2) is 11.4 Å². The second-order valence-corrected chi connectivity index (χ2v) is 20.7. The molecule has 3 N–H and O–H groups in total. The number of halogens is 6. The fraction of sp³-hybridized carbons (Fsp3) is 0.357. The summed E-state index contributed by atoms with van der Waals surface area (Å²) in [4.78, 5) is 58.5. The van der Waals surface area contributed by atoms with Crippen molar-refractivity contribution in [1.82, 2.24) is 29.4 Å². The van der Waals surface area contributed by atoms with Crippen molar-refractivity contribution in [2.45, 2.75) is 102 Å². The standard InChI is InChI=1S/C32H30F3N3O3.C24H22F3N3O3/c1-20(22-6-3-2-4-7-22)41-30(40)24-15-31(16-24)17-26(18-31)37-29(39)27-28-23(8-5-13-38(28)19-36-27)14-21-9-11-25(12-10-21)32(33,34)35;25-24(26,27)17-5-3-14(4-6-17)8-15-2-1-7-30-13-28-19(20(15)30)21(31)29-18-11-23(12-18)9-16(10-23)22(32)33/h2-13,19-20,24,26H,14-18H2,1H3,(H,37,39);1-7,13,16,18H,8-12H2,(H,29,31)(H,32,33)/t20-,24?,26?,31?;/m0./s1. The van der Waals surface area contributed by atoms with Crippen LogP contribution in [0.25, 0.3) is 11.0 Å². The van der Waals surface area contributed by atoms with E-state index < -0.39 is 29.4 Å². The smallest absolute Gasteiger partial charge is 0.416 e. The lowest BCUT2D eigenvalue weighted by Gasteiger charge is -2.57. The van der Waals surface area contributed by atoms with E-state index in [4.69, 9.17) is 9.84 Å². The number of hydrogen-bond donors (Lipinski definition) is 3. The number of carboxylic acid groups (broad SMARTS) is 1. The number of amides is 2. The van der Waals surface area contributed by atoms with Crippen molar-refractivity contribution < 1.29 is 55.4 Å². The van der Waals surface area contributed by atoms with Crippen LogP contribution in [0.2, 0.25) is 0 Å². The maximum absolute atomic E-state index is 13.2. The minimum Gasteiger partial charge on any atom is -0.481 e. The molecule has 7 aromatic rings. The SMILES string of the molecule is C[C@H](OC(=O)C1CC2(CC(NC(=O)c3ncn4cccc(Cc5ccc(C(F)(F)F)cc5)c34)C2)C1)c1ccccc1.O=C(NC1CC2(C1)CC(C(=O)O)C2)c1ncn2cccc(Cc3ccc(C(F)(F)F)cc3)c12. The highest BCUT2D eigenvalue weighted by molar-refractivity contribution is 6.00. The van der Waals surface area contributed by atoms with Gasteiger partial charge in [-0.25, -0.2) is 9.97 Å². The molecular formula is C56H52F6N6O6. The molecule has 4 aliphatic rings. The largest absolute Gasteiger partial charge is 0.481 e. The van der Waals surface area contributed by atoms with E-state index in [0.29, 0.717) is 53.5 Å². The van der Waals surface area contributed by atoms with Gasteiger partial charge in [0.1, 0.15) is 18.8 Å². The molecule has 4 aliphatic carbocycles. The summed E-state index contributed by atoms with van der Waals surface area (Å²) in [6.45, 7) is 1.88. The van der Waals surface area contributed by atoms with Gasteiger partial charge in [0, 0.05) is 24.5 Å². The normalized spacial score (nSPS) is 23.3. The Morgan fingerprint density at radius 2 is 1.03 bits per heavy atom. The first kappa shape index (κ1) is 50.1. The quantitative estimate of drug-likeness (QED) is 0.0807. The number of fused-ring (bicyclic) bond motifs is 2. The highest BCUT2D eigenvalue weighted by Crippen LogP contribution is 2.60. The van der Waals surface area contributed by atoms with Crippen molar-refractivity contribution in [3.63, 3.8) is 0 Å². The Labute approximate surface area is 421 Å². The van der Waals surface area contributed by atoms with E-state index in [-0.39, 0.29) is 64.3 Å². The second-order valence-electron chi connectivity index (χ2n) is 20.7. The molecule has 4 saturated carbocycles. The number of imidazole rings is 2. The minimum absolute atomic E-state index is 0.00142. The van der Waals surface area contributed by atoms with Crippen molar-refractivity contribution in [2.75, 3.05) is 0 Å². The number of nitrogens with zero attached hydrogens (tertiary/aromatic N) is 4. The van der Waals surface area contributed by atoms with Crippen molar-refractivity contribution >= 4 is 34.8 Å². The maximum atomic E-state index is 13.2. The first-order chi connectivity index (χ1) is 35.2. The second kappa shape index (κ2) is 19.4. The van der Waals surface area contributed by atoms with Gasteiger partial charge in [0.25, 0.3) is 11.8 Å². The van der Waals surface area contributed by atoms with Crippen LogP contribution in [0.15, 0.2) is 128 Å². The van der Waals surface area contributed by atoms with E-state index in [1.54, 1.807) is 39.9 Å². The summed E-state index contributed by atoms with van der Waals surface area (Å²) in [5.74, 6) is -1.87. The molecule has 4 heterocycles. The number of rotatable bonds is 12. The van der Waals surface area contributed by atoms with E-state index in [1.807, 2.05) is 55.5 Å². The predicted octanol–water partition coefficient (Wildman–Crippen LogP) is 10.9. The number of carboxylic acids is 1. The first-order valence-electron chi connectivity index (χ1n) is 24.6. The van der Waals surface area contributed by atoms with E-state index in [2.05, 4.69) is 20.6 Å². The average molecular weight is 1020 g/mol. The first-order valence-corrected chi connectivity index (χ1v) is 24.6. The summed E-state index contributed by atoms with van der Waals surface area (Å²) >= 11 is 0. The Balaban J connectivity index is 0.000000173. The Bertz CT molecular complexity index is 3220. The van der Waals surface area contributed by atoms with Crippen LogP contribution in [-0.2, 0) is 39.5 Å². The third kappa shape index (κ3) is 10.4. The highest BCUT2D eigenvalue weighted by Gasteiger charge is 2.56. The Hall–Kier alpha value is -7.50. The van der Waals surface area contributed by atoms with Gasteiger partial charge in [-0.15, -0.1) is 0 Å². The van der Waals surface area contributed by atoms with Crippen molar-refractivity contribution in [1.29, 1.82) is 0 Å². The van der Waals surface area contributed by atoms with Crippen LogP contribution in [0, 0.1) is 22.7 Å². The molecule has 0 radical (unpaired) electrons. The number of ether oxygens (including phenoxy) is 1. The van der Waals surface area contributed by atoms with E-state index in [0.717, 1.165) is 79.5 Å². The van der Waals surface area contributed by atoms with Crippen LogP contribution in [0.1, 0.15) is 124 Å². The molecule has 2 spiro atoms. The number of pyridine rings is 2. The van der Waals surface area contributed by atoms with Crippen LogP contribution in [0.5, 0.6) is 0 Å². The highest BCUT2D eigenvalue weighted by atomic mass is 19.4. The van der Waals surface area contributed by atoms with E-state index >= 15 is 0 Å². The Morgan fingerprint density at radius 3 is 1.43 bits per heavy atom. The van der Waals surface area contributed by atoms with Crippen LogP contribution >= 0.6 is 0 Å². The van der Waals surface area contributed by atoms with Gasteiger partial charge < -0.3 is 29.3 Å². The molecule has 3 aromatic carbocycles. The van der Waals surface area contributed by atoms with Crippen molar-refractivity contribution in [2.24, 2.45) is 22.7 Å². The van der Waals surface area contributed by atoms with Crippen LogP contribution in [0.4, 0.5) is 26.3 Å². The molecule has 1 atom stereocenters. The lowest BCUT2D eigenvalue weighted by atomic mass is 9.50. The number of aromatic nitrogens is 4. The maximum Gasteiger partial charge on any atom is 0.416 e. The third-order valence-electron chi connectivity index (χ3n) is 15.4. The summed E-state index contributed by atoms with van der Waals surface area (Å²) in [7, 11) is 0. The summed E-state index contributed by atoms with van der Waals surface area (Å²) in [5, 5.41) is 15.2. The Kier molecular flexibility index (Phi) is 13.1. The van der Waals surface area contributed by atoms with E-state index in [1.165, 1.54) is 24.3 Å². The molecule has 11 rings (SSSR count). The molecule has 0 saturated heterocycles. The molecular weight excluding hydrogens is 967 g/mol. The fourth-order valence-electron chi connectivity index (χ4n) is 11.7. The van der Waals surface area contributed by atoms with Gasteiger partial charge in [0.05, 0.1) is 34.0 Å². The summed E-state index contributed by atoms with van der Waals surface area (Å²) < 4.78 is 86.6. The van der Waals surface area contributed by atoms with Gasteiger partial charge in [-0.2, -0.15) is 26.3 Å². The zero-order valence-electron chi connectivity index (χ0n) is 40.1. The minimum atomic E-state index is -4.39. The van der Waals surface area contributed by atoms with Crippen LogP contribution in [-0.4, -0.2) is 59.7 Å². The number of benzene rings is 3. The number of carbonyl (C=O) groups is 4. The molecule has 0 aliphatic heterocycles. The van der Waals surface area contributed by atoms with Crippen molar-refractivity contribution in [3.8, 4) is 0 Å². The van der Waals surface area contributed by atoms with Gasteiger partial charge in [-0.3, -0.25) is 19.2 Å². The van der Waals surface area contributed by atoms with Crippen LogP contribution in [0.3, 0.4) is 0 Å². The molecule has 0 bridgehead atoms. The zero-order chi connectivity index (χ0) is 52.2. The summed E-state index contributed by atoms with van der Waals surface area (Å²) in [6, 6.07) is 27.0. The molecule has 74 heavy (non-hydrogen) atoms. The predicted molar refractivity (Wildman–Crippen MR) is 259 cm³/mol. The monoisotopic (exact) mass is 1020 g/mol. The van der Waals surface area contributed by atoms with Crippen LogP contribution < -0.4 is 10.6 Å². The number of hydrogen-bond acceptors (Lipinski definition) is 7. The van der Waals surface area contributed by atoms with Gasteiger partial charge in [-0.05, 0) is 146 Å². The fourth-order valence-corrected chi connectivity index (χ4v) is 11.7. The molecule has 2 amide bonds. The molecule has 4 aromatic heterocycles. The number of esters is 1. The zero-order valence-corrected chi connectivity index (χ0v) is 40.1. The molecule has 4 fully saturated rings. The van der Waals surface area contributed by atoms with Gasteiger partial charge in [-0.1, -0.05) is 66.7 Å². The number of nitrogens with one attached hydrogen (secondary N) is 2. The number of alkyl halides is 6. The lowest BCUT2D eigenvalue weighted by Crippen LogP contribution is -2.57. The molecule has 384 valence electrons. The number of carbonyl (C=O) groups excluding carboxylic acids is 3. The topological polar surface area (TPSA) is 156 Å². The summed E-state index contributed by atoms with van der Waals surface area (Å²) in [5.41, 5.74) is 4.50. The molecule has 18 heteroatoms. The Morgan fingerprint density at radius 1 is 0.608 bits per heavy atom.